The molecule has 0 unspecified atom stereocenters. The predicted molar refractivity (Wildman–Crippen MR) is 90.4 cm³/mol. The van der Waals surface area contributed by atoms with Gasteiger partial charge in [0.05, 0.1) is 10.7 Å². The minimum Gasteiger partial charge on any atom is -0.506 e. The van der Waals surface area contributed by atoms with E-state index < -0.39 is 11.7 Å². The number of aromatic hydroxyl groups is 1. The number of rotatable bonds is 5. The Kier molecular flexibility index (Phi) is 6.00. The molecule has 1 amide bonds. The number of phenols is 1. The summed E-state index contributed by atoms with van der Waals surface area (Å²) in [6, 6.07) is 8.13. The molecule has 0 aliphatic carbocycles. The predicted octanol–water partition coefficient (Wildman–Crippen LogP) is 3.76. The van der Waals surface area contributed by atoms with Gasteiger partial charge in [-0.15, -0.1) is 0 Å². The van der Waals surface area contributed by atoms with Crippen LogP contribution in [-0.4, -0.2) is 23.3 Å². The highest BCUT2D eigenvalue weighted by atomic mass is 35.5. The van der Waals surface area contributed by atoms with E-state index in [-0.39, 0.29) is 17.4 Å². The van der Waals surface area contributed by atoms with Gasteiger partial charge in [0.2, 0.25) is 0 Å². The van der Waals surface area contributed by atoms with E-state index in [0.29, 0.717) is 22.0 Å². The molecule has 2 aromatic rings. The second-order valence-corrected chi connectivity index (χ2v) is 5.60. The van der Waals surface area contributed by atoms with Crippen LogP contribution in [-0.2, 0) is 4.79 Å². The summed E-state index contributed by atoms with van der Waals surface area (Å²) >= 11 is 11.7. The maximum absolute atomic E-state index is 12.8. The summed E-state index contributed by atoms with van der Waals surface area (Å²) < 4.78 is 17.9. The lowest BCUT2D eigenvalue weighted by Crippen LogP contribution is -2.25. The fraction of sp³-hybridized carbons (Fsp3) is 0.125. The first-order chi connectivity index (χ1) is 11.4. The number of phenolic OH excluding ortho intramolecular Hbond substituents is 1. The maximum Gasteiger partial charge on any atom is 0.277 e. The van der Waals surface area contributed by atoms with Crippen LogP contribution in [0.2, 0.25) is 10.0 Å². The lowest BCUT2D eigenvalue weighted by Gasteiger charge is -2.08. The topological polar surface area (TPSA) is 70.9 Å². The highest BCUT2D eigenvalue weighted by Crippen LogP contribution is 2.31. The minimum absolute atomic E-state index is 0.0815. The van der Waals surface area contributed by atoms with Crippen molar-refractivity contribution in [2.45, 2.75) is 6.92 Å². The van der Waals surface area contributed by atoms with Gasteiger partial charge in [-0.3, -0.25) is 4.79 Å². The molecule has 2 N–H and O–H groups in total. The Morgan fingerprint density at radius 2 is 1.96 bits per heavy atom. The summed E-state index contributed by atoms with van der Waals surface area (Å²) in [7, 11) is 0. The molecule has 0 aromatic heterocycles. The lowest BCUT2D eigenvalue weighted by atomic mass is 10.1. The summed E-state index contributed by atoms with van der Waals surface area (Å²) in [5.41, 5.74) is 2.89. The Labute approximate surface area is 147 Å². The molecule has 24 heavy (non-hydrogen) atoms. The van der Waals surface area contributed by atoms with E-state index in [2.05, 4.69) is 10.5 Å². The standard InChI is InChI=1S/C16H13Cl2FN2O3/c1-9(13-6-10(17)7-14(18)16(13)23)20-21-15(22)8-24-12-4-2-11(19)3-5-12/h2-7,23H,8H2,1H3,(H,21,22)/b20-9+. The third kappa shape index (κ3) is 4.84. The maximum atomic E-state index is 12.8. The van der Waals surface area contributed by atoms with Crippen LogP contribution in [0, 0.1) is 5.82 Å². The van der Waals surface area contributed by atoms with Crippen molar-refractivity contribution in [3.05, 3.63) is 57.8 Å². The molecule has 126 valence electrons. The zero-order valence-electron chi connectivity index (χ0n) is 12.5. The van der Waals surface area contributed by atoms with Crippen molar-refractivity contribution in [2.75, 3.05) is 6.61 Å². The van der Waals surface area contributed by atoms with Gasteiger partial charge in [0.1, 0.15) is 17.3 Å². The van der Waals surface area contributed by atoms with Gasteiger partial charge >= 0.3 is 0 Å². The Morgan fingerprint density at radius 3 is 2.62 bits per heavy atom. The Bertz CT molecular complexity index is 780. The van der Waals surface area contributed by atoms with Gasteiger partial charge in [0.25, 0.3) is 5.91 Å². The fourth-order valence-corrected chi connectivity index (χ4v) is 2.25. The normalized spacial score (nSPS) is 11.2. The van der Waals surface area contributed by atoms with Crippen LogP contribution in [0.1, 0.15) is 12.5 Å². The molecule has 0 aliphatic rings. The Balaban J connectivity index is 1.97. The lowest BCUT2D eigenvalue weighted by molar-refractivity contribution is -0.123. The largest absolute Gasteiger partial charge is 0.506 e. The van der Waals surface area contributed by atoms with Crippen LogP contribution in [0.25, 0.3) is 0 Å². The van der Waals surface area contributed by atoms with Gasteiger partial charge in [0, 0.05) is 10.6 Å². The van der Waals surface area contributed by atoms with Crippen LogP contribution in [0.3, 0.4) is 0 Å². The number of hydrogen-bond acceptors (Lipinski definition) is 4. The molecule has 0 heterocycles. The molecule has 8 heteroatoms. The number of benzene rings is 2. The fourth-order valence-electron chi connectivity index (χ4n) is 1.76. The molecule has 2 rings (SSSR count). The van der Waals surface area contributed by atoms with E-state index in [4.69, 9.17) is 27.9 Å². The second kappa shape index (κ2) is 7.99. The number of carbonyl (C=O) groups is 1. The van der Waals surface area contributed by atoms with E-state index in [0.717, 1.165) is 0 Å². The summed E-state index contributed by atoms with van der Waals surface area (Å²) in [4.78, 5) is 11.7. The number of ether oxygens (including phenoxy) is 1. The first-order valence-corrected chi connectivity index (χ1v) is 7.52. The minimum atomic E-state index is -0.522. The van der Waals surface area contributed by atoms with E-state index in [1.807, 2.05) is 0 Å². The van der Waals surface area contributed by atoms with Crippen LogP contribution in [0.4, 0.5) is 4.39 Å². The van der Waals surface area contributed by atoms with Crippen LogP contribution in [0.15, 0.2) is 41.5 Å². The van der Waals surface area contributed by atoms with E-state index in [9.17, 15) is 14.3 Å². The molecule has 0 saturated heterocycles. The van der Waals surface area contributed by atoms with E-state index in [1.54, 1.807) is 6.92 Å². The number of nitrogens with one attached hydrogen (secondary N) is 1. The molecule has 0 saturated carbocycles. The molecular weight excluding hydrogens is 358 g/mol. The van der Waals surface area contributed by atoms with Crippen LogP contribution < -0.4 is 10.2 Å². The van der Waals surface area contributed by atoms with Gasteiger partial charge in [-0.05, 0) is 43.3 Å². The first-order valence-electron chi connectivity index (χ1n) is 6.76. The molecule has 0 bridgehead atoms. The third-order valence-corrected chi connectivity index (χ3v) is 3.46. The third-order valence-electron chi connectivity index (χ3n) is 2.95. The number of nitrogens with zero attached hydrogens (tertiary/aromatic N) is 1. The molecular formula is C16H13Cl2FN2O3. The van der Waals surface area contributed by atoms with Gasteiger partial charge < -0.3 is 9.84 Å². The second-order valence-electron chi connectivity index (χ2n) is 4.76. The van der Waals surface area contributed by atoms with Crippen molar-refractivity contribution in [3.63, 3.8) is 0 Å². The van der Waals surface area contributed by atoms with Crippen molar-refractivity contribution in [2.24, 2.45) is 5.10 Å². The molecule has 2 aromatic carbocycles. The van der Waals surface area contributed by atoms with Crippen LogP contribution in [0.5, 0.6) is 11.5 Å². The number of halogens is 3. The molecule has 0 aliphatic heterocycles. The first kappa shape index (κ1) is 18.0. The van der Waals surface area contributed by atoms with Gasteiger partial charge in [-0.25, -0.2) is 9.82 Å². The monoisotopic (exact) mass is 370 g/mol. The summed E-state index contributed by atoms with van der Waals surface area (Å²) in [6.45, 7) is 1.27. The van der Waals surface area contributed by atoms with Crippen molar-refractivity contribution in [1.82, 2.24) is 5.43 Å². The van der Waals surface area contributed by atoms with Gasteiger partial charge in [-0.2, -0.15) is 5.10 Å². The van der Waals surface area contributed by atoms with E-state index >= 15 is 0 Å². The zero-order valence-corrected chi connectivity index (χ0v) is 14.0. The number of amides is 1. The Hall–Kier alpha value is -2.31. The molecule has 0 spiro atoms. The van der Waals surface area contributed by atoms with Gasteiger partial charge in [-0.1, -0.05) is 23.2 Å². The summed E-state index contributed by atoms with van der Waals surface area (Å²) in [5, 5.41) is 14.2. The van der Waals surface area contributed by atoms with Crippen LogP contribution >= 0.6 is 23.2 Å². The quantitative estimate of drug-likeness (QED) is 0.621. The molecule has 5 nitrogen and oxygen atoms in total. The molecule has 0 fully saturated rings. The van der Waals surface area contributed by atoms with Crippen molar-refractivity contribution < 1.29 is 19.0 Å². The smallest absolute Gasteiger partial charge is 0.277 e. The number of carbonyl (C=O) groups excluding carboxylic acids is 1. The number of hydrazone groups is 1. The average Bonchev–Trinajstić information content (AvgIpc) is 2.55. The van der Waals surface area contributed by atoms with Gasteiger partial charge in [0.15, 0.2) is 6.61 Å². The molecule has 0 atom stereocenters. The SMILES string of the molecule is C/C(=N\NC(=O)COc1ccc(F)cc1)c1cc(Cl)cc(Cl)c1O. The van der Waals surface area contributed by atoms with Crippen molar-refractivity contribution in [1.29, 1.82) is 0 Å². The highest BCUT2D eigenvalue weighted by Gasteiger charge is 2.11. The summed E-state index contributed by atoms with van der Waals surface area (Å²) in [5.74, 6) is -0.746. The zero-order chi connectivity index (χ0) is 17.7. The van der Waals surface area contributed by atoms with Crippen molar-refractivity contribution >= 4 is 34.8 Å². The highest BCUT2D eigenvalue weighted by molar-refractivity contribution is 6.36. The molecule has 0 radical (unpaired) electrons. The number of hydrogen-bond donors (Lipinski definition) is 2. The average molecular weight is 371 g/mol. The van der Waals surface area contributed by atoms with Crippen molar-refractivity contribution in [3.8, 4) is 11.5 Å². The summed E-state index contributed by atoms with van der Waals surface area (Å²) in [6.07, 6.45) is 0. The Morgan fingerprint density at radius 1 is 1.29 bits per heavy atom. The van der Waals surface area contributed by atoms with E-state index in [1.165, 1.54) is 36.4 Å².